The second kappa shape index (κ2) is 22.5. The van der Waals surface area contributed by atoms with Crippen LogP contribution in [0.2, 0.25) is 0 Å². The van der Waals surface area contributed by atoms with Crippen LogP contribution in [-0.2, 0) is 28.8 Å². The first-order valence-electron chi connectivity index (χ1n) is 19.4. The molecule has 22 heteroatoms. The van der Waals surface area contributed by atoms with Gasteiger partial charge in [-0.15, -0.1) is 0 Å². The molecule has 0 unspecified atom stereocenters. The van der Waals surface area contributed by atoms with E-state index in [9.17, 15) is 57.7 Å². The highest BCUT2D eigenvalue weighted by molar-refractivity contribution is 6.08. The number of likely N-dealkylation sites (tertiary alicyclic amines) is 1. The van der Waals surface area contributed by atoms with Gasteiger partial charge in [0.2, 0.25) is 17.7 Å². The van der Waals surface area contributed by atoms with E-state index >= 15 is 0 Å². The van der Waals surface area contributed by atoms with Crippen LogP contribution in [-0.4, -0.2) is 185 Å². The summed E-state index contributed by atoms with van der Waals surface area (Å²) in [7, 11) is 0. The highest BCUT2D eigenvalue weighted by Gasteiger charge is 2.47. The van der Waals surface area contributed by atoms with Crippen molar-refractivity contribution in [1.82, 2.24) is 40.5 Å². The van der Waals surface area contributed by atoms with Crippen LogP contribution in [0.15, 0.2) is 30.5 Å². The van der Waals surface area contributed by atoms with E-state index in [0.717, 1.165) is 4.90 Å². The summed E-state index contributed by atoms with van der Waals surface area (Å²) in [5.74, 6) is -8.62. The van der Waals surface area contributed by atoms with Crippen LogP contribution in [0.5, 0.6) is 0 Å². The quantitative estimate of drug-likeness (QED) is 0.0826. The van der Waals surface area contributed by atoms with Gasteiger partial charge < -0.3 is 41.5 Å². The Kier molecular flexibility index (Phi) is 17.5. The molecule has 2 fully saturated rings. The fourth-order valence-corrected chi connectivity index (χ4v) is 6.97. The SMILES string of the molecule is N#C[C@@H]1CC(F)(F)CN1C(=O)CNC(=O)c1ccnc2ccc(NC(=O)CCCNCCNC(=O)CC[C@H](C(=O)O)N3CCN(CC(=O)O)CCN(CC(=O)O)CC3)cc12. The van der Waals surface area contributed by atoms with Crippen LogP contribution in [0, 0.1) is 11.3 Å². The van der Waals surface area contributed by atoms with Crippen molar-refractivity contribution in [3.05, 3.63) is 36.0 Å². The smallest absolute Gasteiger partial charge is 0.320 e. The van der Waals surface area contributed by atoms with Gasteiger partial charge in [0.15, 0.2) is 0 Å². The number of alkyl halides is 2. The Morgan fingerprint density at radius 1 is 0.867 bits per heavy atom. The van der Waals surface area contributed by atoms with Crippen molar-refractivity contribution in [2.45, 2.75) is 50.1 Å². The number of nitriles is 1. The average molecular weight is 845 g/mol. The monoisotopic (exact) mass is 844 g/mol. The molecule has 1 aromatic carbocycles. The summed E-state index contributed by atoms with van der Waals surface area (Å²) in [4.78, 5) is 95.6. The second-order valence-corrected chi connectivity index (χ2v) is 14.5. The number of aliphatic carboxylic acids is 3. The maximum absolute atomic E-state index is 13.8. The number of nitrogens with zero attached hydrogens (tertiary/aromatic N) is 6. The summed E-state index contributed by atoms with van der Waals surface area (Å²) < 4.78 is 27.5. The minimum absolute atomic E-state index is 0.0139. The molecule has 2 aromatic rings. The molecule has 2 aliphatic heterocycles. The summed E-state index contributed by atoms with van der Waals surface area (Å²) in [6.45, 7) is 0.564. The van der Waals surface area contributed by atoms with Crippen molar-refractivity contribution in [1.29, 1.82) is 5.26 Å². The minimum Gasteiger partial charge on any atom is -0.480 e. The van der Waals surface area contributed by atoms with Crippen LogP contribution in [0.4, 0.5) is 14.5 Å². The molecular weight excluding hydrogens is 794 g/mol. The van der Waals surface area contributed by atoms with E-state index in [0.29, 0.717) is 49.2 Å². The first-order chi connectivity index (χ1) is 28.5. The Morgan fingerprint density at radius 3 is 2.17 bits per heavy atom. The largest absolute Gasteiger partial charge is 0.480 e. The fourth-order valence-electron chi connectivity index (χ4n) is 6.97. The lowest BCUT2D eigenvalue weighted by Crippen LogP contribution is -2.47. The van der Waals surface area contributed by atoms with Crippen molar-refractivity contribution in [2.75, 3.05) is 90.4 Å². The van der Waals surface area contributed by atoms with Gasteiger partial charge >= 0.3 is 17.9 Å². The van der Waals surface area contributed by atoms with Gasteiger partial charge in [-0.1, -0.05) is 0 Å². The molecule has 326 valence electrons. The van der Waals surface area contributed by atoms with Gasteiger partial charge in [-0.3, -0.25) is 53.2 Å². The van der Waals surface area contributed by atoms with E-state index in [1.54, 1.807) is 39.0 Å². The van der Waals surface area contributed by atoms with E-state index in [1.165, 1.54) is 12.3 Å². The lowest BCUT2D eigenvalue weighted by Gasteiger charge is -2.30. The van der Waals surface area contributed by atoms with Gasteiger partial charge in [0.25, 0.3) is 11.8 Å². The minimum atomic E-state index is -3.19. The molecule has 2 aliphatic rings. The Hall–Kier alpha value is -5.89. The lowest BCUT2D eigenvalue weighted by molar-refractivity contribution is -0.144. The topological polar surface area (TPSA) is 278 Å². The van der Waals surface area contributed by atoms with Gasteiger partial charge in [-0.2, -0.15) is 5.26 Å². The zero-order valence-corrected chi connectivity index (χ0v) is 32.9. The van der Waals surface area contributed by atoms with Gasteiger partial charge in [0.1, 0.15) is 12.1 Å². The number of carboxylic acid groups (broad SMARTS) is 3. The lowest BCUT2D eigenvalue weighted by atomic mass is 10.1. The van der Waals surface area contributed by atoms with Crippen molar-refractivity contribution >= 4 is 58.1 Å². The zero-order chi connectivity index (χ0) is 43.8. The molecule has 2 saturated heterocycles. The van der Waals surface area contributed by atoms with Gasteiger partial charge in [-0.25, -0.2) is 8.78 Å². The number of carbonyl (C=O) groups excluding carboxylic acids is 4. The summed E-state index contributed by atoms with van der Waals surface area (Å²) in [6, 6.07) is 5.51. The summed E-state index contributed by atoms with van der Waals surface area (Å²) in [5.41, 5.74) is 0.935. The number of pyridine rings is 1. The Bertz CT molecular complexity index is 1900. The summed E-state index contributed by atoms with van der Waals surface area (Å²) >= 11 is 0. The number of fused-ring (bicyclic) bond motifs is 1. The summed E-state index contributed by atoms with van der Waals surface area (Å²) in [5, 5.41) is 49.1. The second-order valence-electron chi connectivity index (χ2n) is 14.5. The van der Waals surface area contributed by atoms with Crippen LogP contribution in [0.25, 0.3) is 10.9 Å². The number of aromatic nitrogens is 1. The molecule has 4 amide bonds. The molecular formula is C38H50F2N10O10. The molecule has 0 radical (unpaired) electrons. The number of nitrogens with one attached hydrogen (secondary N) is 4. The van der Waals surface area contributed by atoms with E-state index in [4.69, 9.17) is 5.26 Å². The molecule has 60 heavy (non-hydrogen) atoms. The standard InChI is InChI=1S/C38H50F2N10O10/c39-38(40)19-26(20-41)50(24-38)33(53)21-45-36(58)27-7-9-43-29-4-3-25(18-28(27)29)46-32(52)2-1-8-42-10-11-44-31(51)6-5-30(37(59)60)49-16-14-47(22-34(54)55)12-13-48(15-17-49)23-35(56)57/h3-4,7,9,18,26,30,42H,1-2,5-6,8,10-17,19,21-24H2,(H,44,51)(H,45,58)(H,46,52)(H,54,55)(H,56,57)(H,59,60)/t26-,30+/m0/s1. The van der Waals surface area contributed by atoms with Crippen LogP contribution >= 0.6 is 0 Å². The highest BCUT2D eigenvalue weighted by atomic mass is 19.3. The van der Waals surface area contributed by atoms with Crippen LogP contribution in [0.1, 0.15) is 42.5 Å². The molecule has 0 aliphatic carbocycles. The van der Waals surface area contributed by atoms with Gasteiger partial charge in [0.05, 0.1) is 43.3 Å². The third-order valence-corrected chi connectivity index (χ3v) is 10.0. The van der Waals surface area contributed by atoms with E-state index < -0.39 is 67.2 Å². The molecule has 2 atom stereocenters. The number of hydrogen-bond acceptors (Lipinski definition) is 13. The van der Waals surface area contributed by atoms with E-state index in [-0.39, 0.29) is 82.5 Å². The zero-order valence-electron chi connectivity index (χ0n) is 32.9. The Labute approximate surface area is 343 Å². The molecule has 0 spiro atoms. The van der Waals surface area contributed by atoms with E-state index in [1.807, 2.05) is 0 Å². The molecule has 3 heterocycles. The van der Waals surface area contributed by atoms with E-state index in [2.05, 4.69) is 26.3 Å². The number of rotatable bonds is 20. The maximum Gasteiger partial charge on any atom is 0.320 e. The molecule has 7 N–H and O–H groups in total. The molecule has 1 aromatic heterocycles. The van der Waals surface area contributed by atoms with Gasteiger partial charge in [0, 0.05) is 88.9 Å². The summed E-state index contributed by atoms with van der Waals surface area (Å²) in [6.07, 6.45) is 1.09. The van der Waals surface area contributed by atoms with Crippen molar-refractivity contribution in [3.63, 3.8) is 0 Å². The number of carboxylic acids is 3. The molecule has 4 rings (SSSR count). The molecule has 20 nitrogen and oxygen atoms in total. The first kappa shape index (κ1) is 46.8. The van der Waals surface area contributed by atoms with Crippen LogP contribution < -0.4 is 21.3 Å². The number of amides is 4. The molecule has 0 bridgehead atoms. The third-order valence-electron chi connectivity index (χ3n) is 10.0. The van der Waals surface area contributed by atoms with Crippen molar-refractivity contribution in [3.8, 4) is 6.07 Å². The predicted molar refractivity (Wildman–Crippen MR) is 209 cm³/mol. The Balaban J connectivity index is 1.16. The van der Waals surface area contributed by atoms with Crippen LogP contribution in [0.3, 0.4) is 0 Å². The highest BCUT2D eigenvalue weighted by Crippen LogP contribution is 2.31. The van der Waals surface area contributed by atoms with Crippen molar-refractivity contribution < 1.29 is 57.7 Å². The van der Waals surface area contributed by atoms with Crippen molar-refractivity contribution in [2.24, 2.45) is 0 Å². The number of benzene rings is 1. The fraction of sp³-hybridized carbons (Fsp3) is 0.553. The normalized spacial score (nSPS) is 18.0. The number of anilines is 1. The first-order valence-corrected chi connectivity index (χ1v) is 19.4. The third kappa shape index (κ3) is 14.7. The average Bonchev–Trinajstić information content (AvgIpc) is 3.55. The predicted octanol–water partition coefficient (Wildman–Crippen LogP) is -0.529. The number of halogens is 2. The number of hydrogen-bond donors (Lipinski definition) is 7. The van der Waals surface area contributed by atoms with Gasteiger partial charge in [-0.05, 0) is 43.7 Å². The molecule has 0 saturated carbocycles. The number of carbonyl (C=O) groups is 7. The maximum atomic E-state index is 13.8. The Morgan fingerprint density at radius 2 is 1.53 bits per heavy atom.